The van der Waals surface area contributed by atoms with E-state index in [1.807, 2.05) is 6.20 Å². The summed E-state index contributed by atoms with van der Waals surface area (Å²) in [6.45, 7) is 11.0. The molecule has 1 saturated carbocycles. The van der Waals surface area contributed by atoms with Crippen molar-refractivity contribution in [2.24, 2.45) is 11.3 Å². The number of nitrogens with one attached hydrogen (secondary N) is 1. The maximum atomic E-state index is 5.52. The third-order valence-electron chi connectivity index (χ3n) is 4.21. The number of methoxy groups -OCH3 is 1. The van der Waals surface area contributed by atoms with E-state index in [2.05, 4.69) is 42.8 Å². The first-order valence-electron chi connectivity index (χ1n) is 7.38. The molecule has 0 radical (unpaired) electrons. The van der Waals surface area contributed by atoms with Crippen LogP contribution in [0.5, 0.6) is 5.75 Å². The van der Waals surface area contributed by atoms with Crippen LogP contribution in [0.2, 0.25) is 0 Å². The predicted molar refractivity (Wildman–Crippen MR) is 77.4 cm³/mol. The second-order valence-electron chi connectivity index (χ2n) is 6.16. The standard InChI is InChI=1S/C15H27N3O/c1-6-8-18-14(12(19-5)10-17-18)13(16-7-2)11-9-15(11,3)4/h10-11,13,16H,6-9H2,1-5H3. The quantitative estimate of drug-likeness (QED) is 0.823. The molecule has 19 heavy (non-hydrogen) atoms. The van der Waals surface area contributed by atoms with E-state index < -0.39 is 0 Å². The first-order chi connectivity index (χ1) is 9.05. The lowest BCUT2D eigenvalue weighted by atomic mass is 10.0. The molecular formula is C15H27N3O. The Balaban J connectivity index is 2.32. The smallest absolute Gasteiger partial charge is 0.161 e. The summed E-state index contributed by atoms with van der Waals surface area (Å²) in [5.74, 6) is 1.59. The van der Waals surface area contributed by atoms with Crippen molar-refractivity contribution >= 4 is 0 Å². The Labute approximate surface area is 116 Å². The average Bonchev–Trinajstić information content (AvgIpc) is 2.83. The van der Waals surface area contributed by atoms with Gasteiger partial charge in [-0.15, -0.1) is 0 Å². The maximum absolute atomic E-state index is 5.52. The fraction of sp³-hybridized carbons (Fsp3) is 0.800. The molecule has 0 aromatic carbocycles. The Hall–Kier alpha value is -1.03. The molecule has 0 amide bonds. The van der Waals surface area contributed by atoms with E-state index in [1.54, 1.807) is 7.11 Å². The van der Waals surface area contributed by atoms with Gasteiger partial charge in [-0.2, -0.15) is 5.10 Å². The molecule has 2 rings (SSSR count). The van der Waals surface area contributed by atoms with Gasteiger partial charge in [-0.3, -0.25) is 4.68 Å². The van der Waals surface area contributed by atoms with Gasteiger partial charge < -0.3 is 10.1 Å². The van der Waals surface area contributed by atoms with Crippen molar-refractivity contribution in [1.82, 2.24) is 15.1 Å². The van der Waals surface area contributed by atoms with Crippen LogP contribution in [0.15, 0.2) is 6.20 Å². The molecule has 1 heterocycles. The average molecular weight is 265 g/mol. The van der Waals surface area contributed by atoms with Crippen LogP contribution >= 0.6 is 0 Å². The highest BCUT2D eigenvalue weighted by atomic mass is 16.5. The molecule has 108 valence electrons. The molecule has 1 aromatic rings. The lowest BCUT2D eigenvalue weighted by molar-refractivity contribution is 0.360. The summed E-state index contributed by atoms with van der Waals surface area (Å²) in [6.07, 6.45) is 4.21. The highest BCUT2D eigenvalue weighted by Crippen LogP contribution is 2.58. The molecule has 0 bridgehead atoms. The summed E-state index contributed by atoms with van der Waals surface area (Å²) >= 11 is 0. The Bertz CT molecular complexity index is 425. The lowest BCUT2D eigenvalue weighted by Crippen LogP contribution is -2.27. The van der Waals surface area contributed by atoms with Gasteiger partial charge in [-0.1, -0.05) is 27.7 Å². The minimum absolute atomic E-state index is 0.351. The molecule has 2 unspecified atom stereocenters. The van der Waals surface area contributed by atoms with Crippen LogP contribution in [-0.4, -0.2) is 23.4 Å². The Morgan fingerprint density at radius 1 is 1.53 bits per heavy atom. The molecule has 0 aliphatic heterocycles. The van der Waals surface area contributed by atoms with Crippen LogP contribution in [0.3, 0.4) is 0 Å². The summed E-state index contributed by atoms with van der Waals surface area (Å²) < 4.78 is 7.63. The van der Waals surface area contributed by atoms with Crippen molar-refractivity contribution in [3.8, 4) is 5.75 Å². The van der Waals surface area contributed by atoms with Crippen molar-refractivity contribution in [1.29, 1.82) is 0 Å². The molecule has 1 aliphatic rings. The topological polar surface area (TPSA) is 39.1 Å². The first kappa shape index (κ1) is 14.4. The second-order valence-corrected chi connectivity index (χ2v) is 6.16. The van der Waals surface area contributed by atoms with Crippen LogP contribution in [0.1, 0.15) is 52.3 Å². The third-order valence-corrected chi connectivity index (χ3v) is 4.21. The van der Waals surface area contributed by atoms with Crippen molar-refractivity contribution < 1.29 is 4.74 Å². The number of aryl methyl sites for hydroxylation is 1. The number of rotatable bonds is 7. The molecule has 0 saturated heterocycles. The number of ether oxygens (including phenoxy) is 1. The lowest BCUT2D eigenvalue weighted by Gasteiger charge is -2.22. The molecule has 1 N–H and O–H groups in total. The van der Waals surface area contributed by atoms with Crippen molar-refractivity contribution in [2.45, 2.75) is 53.1 Å². The SMILES string of the molecule is CCCn1ncc(OC)c1C(NCC)C1CC1(C)C. The molecule has 4 heteroatoms. The van der Waals surface area contributed by atoms with E-state index in [9.17, 15) is 0 Å². The highest BCUT2D eigenvalue weighted by molar-refractivity contribution is 5.31. The van der Waals surface area contributed by atoms with E-state index >= 15 is 0 Å². The number of nitrogens with zero attached hydrogens (tertiary/aromatic N) is 2. The molecule has 4 nitrogen and oxygen atoms in total. The van der Waals surface area contributed by atoms with Crippen LogP contribution in [0.4, 0.5) is 0 Å². The van der Waals surface area contributed by atoms with E-state index in [4.69, 9.17) is 4.74 Å². The predicted octanol–water partition coefficient (Wildman–Crippen LogP) is 3.00. The maximum Gasteiger partial charge on any atom is 0.161 e. The Kier molecular flexibility index (Phi) is 4.19. The number of hydrogen-bond donors (Lipinski definition) is 1. The van der Waals surface area contributed by atoms with E-state index in [0.29, 0.717) is 17.4 Å². The van der Waals surface area contributed by atoms with E-state index in [-0.39, 0.29) is 0 Å². The largest absolute Gasteiger partial charge is 0.493 e. The summed E-state index contributed by atoms with van der Waals surface area (Å²) in [4.78, 5) is 0. The van der Waals surface area contributed by atoms with Gasteiger partial charge in [0, 0.05) is 6.54 Å². The minimum Gasteiger partial charge on any atom is -0.493 e. The zero-order valence-corrected chi connectivity index (χ0v) is 12.9. The van der Waals surface area contributed by atoms with Gasteiger partial charge in [0.05, 0.1) is 25.0 Å². The molecule has 0 spiro atoms. The van der Waals surface area contributed by atoms with Crippen LogP contribution < -0.4 is 10.1 Å². The zero-order chi connectivity index (χ0) is 14.0. The Morgan fingerprint density at radius 2 is 2.21 bits per heavy atom. The van der Waals surface area contributed by atoms with Gasteiger partial charge in [0.25, 0.3) is 0 Å². The normalized spacial score (nSPS) is 22.3. The third kappa shape index (κ3) is 2.78. The van der Waals surface area contributed by atoms with Gasteiger partial charge in [-0.05, 0) is 30.7 Å². The number of aromatic nitrogens is 2. The van der Waals surface area contributed by atoms with Gasteiger partial charge in [0.1, 0.15) is 0 Å². The van der Waals surface area contributed by atoms with Gasteiger partial charge in [-0.25, -0.2) is 0 Å². The van der Waals surface area contributed by atoms with Crippen LogP contribution in [0.25, 0.3) is 0 Å². The van der Waals surface area contributed by atoms with E-state index in [1.165, 1.54) is 12.1 Å². The monoisotopic (exact) mass is 265 g/mol. The summed E-state index contributed by atoms with van der Waals surface area (Å²) in [5.41, 5.74) is 1.65. The molecule has 1 aromatic heterocycles. The number of hydrogen-bond acceptors (Lipinski definition) is 3. The van der Waals surface area contributed by atoms with Crippen molar-refractivity contribution in [3.05, 3.63) is 11.9 Å². The van der Waals surface area contributed by atoms with Gasteiger partial charge in [0.15, 0.2) is 5.75 Å². The molecule has 1 aliphatic carbocycles. The van der Waals surface area contributed by atoms with Crippen molar-refractivity contribution in [2.75, 3.05) is 13.7 Å². The summed E-state index contributed by atoms with van der Waals surface area (Å²) in [7, 11) is 1.73. The van der Waals surface area contributed by atoms with E-state index in [0.717, 1.165) is 25.3 Å². The van der Waals surface area contributed by atoms with Crippen molar-refractivity contribution in [3.63, 3.8) is 0 Å². The van der Waals surface area contributed by atoms with Gasteiger partial charge in [0.2, 0.25) is 0 Å². The zero-order valence-electron chi connectivity index (χ0n) is 12.9. The summed E-state index contributed by atoms with van der Waals surface area (Å²) in [5, 5.41) is 8.12. The fourth-order valence-corrected chi connectivity index (χ4v) is 2.97. The van der Waals surface area contributed by atoms with Gasteiger partial charge >= 0.3 is 0 Å². The van der Waals surface area contributed by atoms with Crippen LogP contribution in [0, 0.1) is 11.3 Å². The summed E-state index contributed by atoms with van der Waals surface area (Å²) in [6, 6.07) is 0.351. The molecular weight excluding hydrogens is 238 g/mol. The highest BCUT2D eigenvalue weighted by Gasteiger charge is 2.51. The Morgan fingerprint density at radius 3 is 2.68 bits per heavy atom. The minimum atomic E-state index is 0.351. The molecule has 1 fully saturated rings. The first-order valence-corrected chi connectivity index (χ1v) is 7.38. The molecule has 2 atom stereocenters. The van der Waals surface area contributed by atoms with Crippen LogP contribution in [-0.2, 0) is 6.54 Å². The second kappa shape index (κ2) is 5.53. The fourth-order valence-electron chi connectivity index (χ4n) is 2.97.